The van der Waals surface area contributed by atoms with Crippen LogP contribution >= 0.6 is 11.6 Å². The van der Waals surface area contributed by atoms with E-state index in [4.69, 9.17) is 11.6 Å². The van der Waals surface area contributed by atoms with Crippen LogP contribution in [0.1, 0.15) is 18.5 Å². The topological polar surface area (TPSA) is 46.2 Å². The second-order valence-corrected chi connectivity index (χ2v) is 7.25. The molecule has 0 saturated heterocycles. The van der Waals surface area contributed by atoms with E-state index in [-0.39, 0.29) is 16.8 Å². The van der Waals surface area contributed by atoms with Gasteiger partial charge in [-0.2, -0.15) is 0 Å². The molecule has 0 heterocycles. The summed E-state index contributed by atoms with van der Waals surface area (Å²) in [5, 5.41) is 3.57. The summed E-state index contributed by atoms with van der Waals surface area (Å²) in [4.78, 5) is 0.195. The zero-order chi connectivity index (χ0) is 15.6. The number of nitrogens with one attached hydrogen (secondary N) is 1. The van der Waals surface area contributed by atoms with E-state index in [0.717, 1.165) is 11.8 Å². The predicted molar refractivity (Wildman–Crippen MR) is 83.0 cm³/mol. The van der Waals surface area contributed by atoms with Crippen molar-refractivity contribution in [1.29, 1.82) is 0 Å². The summed E-state index contributed by atoms with van der Waals surface area (Å²) >= 11 is 6.09. The van der Waals surface area contributed by atoms with Gasteiger partial charge in [-0.25, -0.2) is 12.8 Å². The molecule has 1 atom stereocenters. The van der Waals surface area contributed by atoms with E-state index in [0.29, 0.717) is 10.7 Å². The first kappa shape index (κ1) is 15.8. The Kier molecular flexibility index (Phi) is 4.54. The SMILES string of the molecule is CC(Nc1cc(S(C)(=O)=O)ccc1Cl)c1ccc(F)cc1. The van der Waals surface area contributed by atoms with Gasteiger partial charge in [-0.1, -0.05) is 23.7 Å². The van der Waals surface area contributed by atoms with E-state index in [1.54, 1.807) is 12.1 Å². The molecule has 0 bridgehead atoms. The Morgan fingerprint density at radius 1 is 1.14 bits per heavy atom. The van der Waals surface area contributed by atoms with E-state index in [2.05, 4.69) is 5.32 Å². The molecule has 112 valence electrons. The second-order valence-electron chi connectivity index (χ2n) is 4.83. The fraction of sp³-hybridized carbons (Fsp3) is 0.200. The number of anilines is 1. The smallest absolute Gasteiger partial charge is 0.175 e. The second kappa shape index (κ2) is 6.03. The van der Waals surface area contributed by atoms with Crippen LogP contribution in [0.5, 0.6) is 0 Å². The van der Waals surface area contributed by atoms with Gasteiger partial charge in [0.05, 0.1) is 15.6 Å². The third-order valence-corrected chi connectivity index (χ3v) is 4.55. The Labute approximate surface area is 128 Å². The summed E-state index contributed by atoms with van der Waals surface area (Å²) < 4.78 is 36.1. The summed E-state index contributed by atoms with van der Waals surface area (Å²) in [5.41, 5.74) is 1.40. The molecule has 3 nitrogen and oxygen atoms in total. The lowest BCUT2D eigenvalue weighted by molar-refractivity contribution is 0.602. The highest BCUT2D eigenvalue weighted by molar-refractivity contribution is 7.90. The average Bonchev–Trinajstić information content (AvgIpc) is 2.40. The van der Waals surface area contributed by atoms with Crippen LogP contribution < -0.4 is 5.32 Å². The van der Waals surface area contributed by atoms with Crippen molar-refractivity contribution >= 4 is 27.1 Å². The lowest BCUT2D eigenvalue weighted by Gasteiger charge is -2.17. The van der Waals surface area contributed by atoms with Gasteiger partial charge in [0.15, 0.2) is 9.84 Å². The van der Waals surface area contributed by atoms with Crippen molar-refractivity contribution < 1.29 is 12.8 Å². The minimum Gasteiger partial charge on any atom is -0.377 e. The number of halogens is 2. The Bertz CT molecular complexity index is 745. The zero-order valence-electron chi connectivity index (χ0n) is 11.6. The van der Waals surface area contributed by atoms with Crippen LogP contribution in [0.4, 0.5) is 10.1 Å². The summed E-state index contributed by atoms with van der Waals surface area (Å²) in [7, 11) is -3.30. The van der Waals surface area contributed by atoms with Gasteiger partial charge < -0.3 is 5.32 Å². The van der Waals surface area contributed by atoms with Gasteiger partial charge in [0, 0.05) is 12.3 Å². The van der Waals surface area contributed by atoms with E-state index < -0.39 is 9.84 Å². The Morgan fingerprint density at radius 2 is 1.76 bits per heavy atom. The fourth-order valence-corrected chi connectivity index (χ4v) is 2.73. The molecule has 0 spiro atoms. The van der Waals surface area contributed by atoms with Gasteiger partial charge in [0.1, 0.15) is 5.82 Å². The van der Waals surface area contributed by atoms with Gasteiger partial charge >= 0.3 is 0 Å². The van der Waals surface area contributed by atoms with Gasteiger partial charge in [-0.3, -0.25) is 0 Å². The highest BCUT2D eigenvalue weighted by atomic mass is 35.5. The summed E-state index contributed by atoms with van der Waals surface area (Å²) in [6.07, 6.45) is 1.14. The van der Waals surface area contributed by atoms with Crippen molar-refractivity contribution in [2.75, 3.05) is 11.6 Å². The maximum atomic E-state index is 12.9. The van der Waals surface area contributed by atoms with Crippen molar-refractivity contribution in [3.8, 4) is 0 Å². The minimum atomic E-state index is -3.30. The minimum absolute atomic E-state index is 0.141. The lowest BCUT2D eigenvalue weighted by Crippen LogP contribution is -2.08. The largest absolute Gasteiger partial charge is 0.377 e. The normalized spacial score (nSPS) is 13.0. The van der Waals surface area contributed by atoms with Crippen LogP contribution in [-0.4, -0.2) is 14.7 Å². The van der Waals surface area contributed by atoms with Crippen LogP contribution in [0.15, 0.2) is 47.4 Å². The first-order valence-electron chi connectivity index (χ1n) is 6.29. The molecule has 0 aliphatic carbocycles. The van der Waals surface area contributed by atoms with Crippen LogP contribution in [-0.2, 0) is 9.84 Å². The molecule has 2 aromatic rings. The molecule has 0 saturated carbocycles. The van der Waals surface area contributed by atoms with E-state index in [1.165, 1.54) is 30.3 Å². The maximum Gasteiger partial charge on any atom is 0.175 e. The first-order chi connectivity index (χ1) is 9.77. The van der Waals surface area contributed by atoms with Gasteiger partial charge in [0.2, 0.25) is 0 Å². The molecule has 0 aliphatic rings. The van der Waals surface area contributed by atoms with Crippen LogP contribution in [0, 0.1) is 5.82 Å². The quantitative estimate of drug-likeness (QED) is 0.921. The molecule has 1 unspecified atom stereocenters. The first-order valence-corrected chi connectivity index (χ1v) is 8.56. The van der Waals surface area contributed by atoms with E-state index >= 15 is 0 Å². The van der Waals surface area contributed by atoms with Crippen molar-refractivity contribution in [3.63, 3.8) is 0 Å². The van der Waals surface area contributed by atoms with E-state index in [1.807, 2.05) is 6.92 Å². The Balaban J connectivity index is 2.28. The van der Waals surface area contributed by atoms with Crippen LogP contribution in [0.3, 0.4) is 0 Å². The standard InChI is InChI=1S/C15H15ClFNO2S/c1-10(11-3-5-12(17)6-4-11)18-15-9-13(21(2,19)20)7-8-14(15)16/h3-10,18H,1-2H3. The van der Waals surface area contributed by atoms with Crippen LogP contribution in [0.2, 0.25) is 5.02 Å². The molecule has 2 rings (SSSR count). The Morgan fingerprint density at radius 3 is 2.33 bits per heavy atom. The van der Waals surface area contributed by atoms with E-state index in [9.17, 15) is 12.8 Å². The lowest BCUT2D eigenvalue weighted by atomic mass is 10.1. The third kappa shape index (κ3) is 3.95. The molecular formula is C15H15ClFNO2S. The van der Waals surface area contributed by atoms with Crippen molar-refractivity contribution in [2.45, 2.75) is 17.9 Å². The molecule has 0 aromatic heterocycles. The molecule has 6 heteroatoms. The maximum absolute atomic E-state index is 12.9. The fourth-order valence-electron chi connectivity index (χ4n) is 1.91. The number of rotatable bonds is 4. The van der Waals surface area contributed by atoms with Crippen molar-refractivity contribution in [1.82, 2.24) is 0 Å². The molecule has 0 aliphatic heterocycles. The zero-order valence-corrected chi connectivity index (χ0v) is 13.2. The molecular weight excluding hydrogens is 313 g/mol. The monoisotopic (exact) mass is 327 g/mol. The third-order valence-electron chi connectivity index (χ3n) is 3.11. The summed E-state index contributed by atoms with van der Waals surface area (Å²) in [6, 6.07) is 10.4. The summed E-state index contributed by atoms with van der Waals surface area (Å²) in [5.74, 6) is -0.303. The highest BCUT2D eigenvalue weighted by Gasteiger charge is 2.12. The van der Waals surface area contributed by atoms with Crippen LogP contribution in [0.25, 0.3) is 0 Å². The number of sulfone groups is 1. The van der Waals surface area contributed by atoms with Crippen molar-refractivity contribution in [2.24, 2.45) is 0 Å². The highest BCUT2D eigenvalue weighted by Crippen LogP contribution is 2.28. The predicted octanol–water partition coefficient (Wildman–Crippen LogP) is 4.06. The number of benzene rings is 2. The van der Waals surface area contributed by atoms with Gasteiger partial charge in [-0.15, -0.1) is 0 Å². The van der Waals surface area contributed by atoms with Gasteiger partial charge in [-0.05, 0) is 42.8 Å². The molecule has 0 amide bonds. The average molecular weight is 328 g/mol. The summed E-state index contributed by atoms with van der Waals surface area (Å²) in [6.45, 7) is 1.89. The van der Waals surface area contributed by atoms with Crippen molar-refractivity contribution in [3.05, 3.63) is 58.9 Å². The molecule has 0 radical (unpaired) electrons. The molecule has 21 heavy (non-hydrogen) atoms. The molecule has 2 aromatic carbocycles. The molecule has 1 N–H and O–H groups in total. The molecule has 0 fully saturated rings. The van der Waals surface area contributed by atoms with Gasteiger partial charge in [0.25, 0.3) is 0 Å². The number of hydrogen-bond acceptors (Lipinski definition) is 3. The Hall–Kier alpha value is -1.59. The number of hydrogen-bond donors (Lipinski definition) is 1.